The number of fused-ring (bicyclic) bond motifs is 1. The van der Waals surface area contributed by atoms with Crippen LogP contribution in [0.4, 0.5) is 0 Å². The molecule has 0 radical (unpaired) electrons. The van der Waals surface area contributed by atoms with Crippen LogP contribution in [0.1, 0.15) is 32.2 Å². The van der Waals surface area contributed by atoms with Gasteiger partial charge in [0, 0.05) is 0 Å². The normalized spacial score (nSPS) is 11.8. The molecule has 0 fully saturated rings. The molecule has 0 saturated heterocycles. The van der Waals surface area contributed by atoms with Gasteiger partial charge in [-0.3, -0.25) is 4.79 Å². The van der Waals surface area contributed by atoms with Gasteiger partial charge in [0.25, 0.3) is 5.56 Å². The van der Waals surface area contributed by atoms with E-state index in [9.17, 15) is 9.59 Å². The SMILES string of the molecule is CCCOc1ccccc1OCC(=O)O[C@@H](C)c1nc2ccccc2c(=O)[nH]1. The summed E-state index contributed by atoms with van der Waals surface area (Å²) in [7, 11) is 0. The van der Waals surface area contributed by atoms with Gasteiger partial charge in [-0.1, -0.05) is 31.2 Å². The highest BCUT2D eigenvalue weighted by Crippen LogP contribution is 2.26. The first kappa shape index (κ1) is 19.4. The Bertz CT molecular complexity index is 1010. The summed E-state index contributed by atoms with van der Waals surface area (Å²) in [6.45, 7) is 3.92. The van der Waals surface area contributed by atoms with Crippen LogP contribution in [0.3, 0.4) is 0 Å². The van der Waals surface area contributed by atoms with Crippen LogP contribution in [-0.2, 0) is 9.53 Å². The Morgan fingerprint density at radius 2 is 1.75 bits per heavy atom. The molecule has 1 N–H and O–H groups in total. The van der Waals surface area contributed by atoms with Crippen molar-refractivity contribution in [2.24, 2.45) is 0 Å². The Morgan fingerprint density at radius 3 is 2.50 bits per heavy atom. The molecule has 0 aliphatic carbocycles. The van der Waals surface area contributed by atoms with Crippen molar-refractivity contribution in [3.05, 3.63) is 64.7 Å². The van der Waals surface area contributed by atoms with Gasteiger partial charge in [0.05, 0.1) is 17.5 Å². The summed E-state index contributed by atoms with van der Waals surface area (Å²) in [5, 5.41) is 0.483. The van der Waals surface area contributed by atoms with Gasteiger partial charge in [0.1, 0.15) is 0 Å². The number of benzene rings is 2. The van der Waals surface area contributed by atoms with Gasteiger partial charge in [0.15, 0.2) is 30.0 Å². The number of esters is 1. The van der Waals surface area contributed by atoms with Gasteiger partial charge < -0.3 is 19.2 Å². The van der Waals surface area contributed by atoms with Crippen LogP contribution < -0.4 is 15.0 Å². The summed E-state index contributed by atoms with van der Waals surface area (Å²) in [6.07, 6.45) is 0.144. The minimum Gasteiger partial charge on any atom is -0.490 e. The number of aromatic nitrogens is 2. The van der Waals surface area contributed by atoms with E-state index in [1.165, 1.54) is 0 Å². The summed E-state index contributed by atoms with van der Waals surface area (Å²) >= 11 is 0. The van der Waals surface area contributed by atoms with E-state index in [0.29, 0.717) is 29.0 Å². The number of carbonyl (C=O) groups excluding carboxylic acids is 1. The lowest BCUT2D eigenvalue weighted by Crippen LogP contribution is -2.20. The first-order valence-corrected chi connectivity index (χ1v) is 9.11. The molecule has 1 aromatic heterocycles. The van der Waals surface area contributed by atoms with E-state index in [1.807, 2.05) is 13.0 Å². The molecular weight excluding hydrogens is 360 g/mol. The maximum absolute atomic E-state index is 12.2. The first-order valence-electron chi connectivity index (χ1n) is 9.11. The fraction of sp³-hybridized carbons (Fsp3) is 0.286. The number of rotatable bonds is 8. The van der Waals surface area contributed by atoms with E-state index in [-0.39, 0.29) is 18.0 Å². The second-order valence-electron chi connectivity index (χ2n) is 6.18. The number of hydrogen-bond donors (Lipinski definition) is 1. The largest absolute Gasteiger partial charge is 0.490 e. The Balaban J connectivity index is 1.63. The van der Waals surface area contributed by atoms with Crippen molar-refractivity contribution in [2.75, 3.05) is 13.2 Å². The van der Waals surface area contributed by atoms with Crippen LogP contribution in [-0.4, -0.2) is 29.2 Å². The van der Waals surface area contributed by atoms with E-state index in [0.717, 1.165) is 6.42 Å². The minimum atomic E-state index is -0.722. The number of nitrogens with one attached hydrogen (secondary N) is 1. The molecule has 0 amide bonds. The number of aromatic amines is 1. The molecule has 0 aliphatic rings. The van der Waals surface area contributed by atoms with Crippen LogP contribution in [0.2, 0.25) is 0 Å². The molecule has 0 unspecified atom stereocenters. The van der Waals surface area contributed by atoms with Gasteiger partial charge in [0.2, 0.25) is 0 Å². The van der Waals surface area contributed by atoms with E-state index in [2.05, 4.69) is 9.97 Å². The molecular formula is C21H22N2O5. The molecule has 3 rings (SSSR count). The number of hydrogen-bond acceptors (Lipinski definition) is 6. The minimum absolute atomic E-state index is 0.276. The molecule has 1 atom stereocenters. The summed E-state index contributed by atoms with van der Waals surface area (Å²) in [6, 6.07) is 14.1. The van der Waals surface area contributed by atoms with E-state index in [4.69, 9.17) is 14.2 Å². The number of para-hydroxylation sites is 3. The molecule has 1 heterocycles. The van der Waals surface area contributed by atoms with Crippen molar-refractivity contribution in [3.8, 4) is 11.5 Å². The highest BCUT2D eigenvalue weighted by molar-refractivity contribution is 5.77. The average molecular weight is 382 g/mol. The van der Waals surface area contributed by atoms with E-state index in [1.54, 1.807) is 49.4 Å². The van der Waals surface area contributed by atoms with Crippen molar-refractivity contribution < 1.29 is 19.0 Å². The molecule has 0 saturated carbocycles. The molecule has 3 aromatic rings. The zero-order valence-electron chi connectivity index (χ0n) is 15.8. The third kappa shape index (κ3) is 4.68. The van der Waals surface area contributed by atoms with Crippen LogP contribution in [0, 0.1) is 0 Å². The highest BCUT2D eigenvalue weighted by Gasteiger charge is 2.16. The molecule has 2 aromatic carbocycles. The second-order valence-corrected chi connectivity index (χ2v) is 6.18. The van der Waals surface area contributed by atoms with Gasteiger partial charge in [-0.05, 0) is 37.6 Å². The van der Waals surface area contributed by atoms with Gasteiger partial charge in [-0.2, -0.15) is 0 Å². The quantitative estimate of drug-likeness (QED) is 0.601. The lowest BCUT2D eigenvalue weighted by atomic mass is 10.2. The van der Waals surface area contributed by atoms with Crippen molar-refractivity contribution >= 4 is 16.9 Å². The molecule has 7 nitrogen and oxygen atoms in total. The van der Waals surface area contributed by atoms with Gasteiger partial charge >= 0.3 is 5.97 Å². The van der Waals surface area contributed by atoms with Gasteiger partial charge in [-0.15, -0.1) is 0 Å². The number of carbonyl (C=O) groups is 1. The smallest absolute Gasteiger partial charge is 0.344 e. The zero-order chi connectivity index (χ0) is 19.9. The third-order valence-corrected chi connectivity index (χ3v) is 3.98. The van der Waals surface area contributed by atoms with Crippen molar-refractivity contribution in [1.29, 1.82) is 0 Å². The average Bonchev–Trinajstić information content (AvgIpc) is 2.71. The summed E-state index contributed by atoms with van der Waals surface area (Å²) < 4.78 is 16.5. The standard InChI is InChI=1S/C21H22N2O5/c1-3-12-26-17-10-6-7-11-18(17)27-13-19(24)28-14(2)20-22-16-9-5-4-8-15(16)21(25)23-20/h4-11,14H,3,12-13H2,1-2H3,(H,22,23,25)/t14-/m0/s1. The molecule has 0 spiro atoms. The van der Waals surface area contributed by atoms with Crippen LogP contribution in [0.15, 0.2) is 53.3 Å². The monoisotopic (exact) mass is 382 g/mol. The fourth-order valence-corrected chi connectivity index (χ4v) is 2.62. The summed E-state index contributed by atoms with van der Waals surface area (Å²) in [4.78, 5) is 31.3. The molecule has 28 heavy (non-hydrogen) atoms. The Morgan fingerprint density at radius 1 is 1.07 bits per heavy atom. The topological polar surface area (TPSA) is 90.5 Å². The van der Waals surface area contributed by atoms with Crippen LogP contribution in [0.5, 0.6) is 11.5 Å². The Labute approximate surface area is 162 Å². The van der Waals surface area contributed by atoms with Crippen LogP contribution in [0.25, 0.3) is 10.9 Å². The predicted molar refractivity (Wildman–Crippen MR) is 105 cm³/mol. The highest BCUT2D eigenvalue weighted by atomic mass is 16.6. The maximum atomic E-state index is 12.2. The fourth-order valence-electron chi connectivity index (χ4n) is 2.62. The number of nitrogens with zero attached hydrogens (tertiary/aromatic N) is 1. The van der Waals surface area contributed by atoms with Crippen molar-refractivity contribution in [3.63, 3.8) is 0 Å². The van der Waals surface area contributed by atoms with E-state index < -0.39 is 12.1 Å². The van der Waals surface area contributed by atoms with Crippen molar-refractivity contribution in [1.82, 2.24) is 9.97 Å². The van der Waals surface area contributed by atoms with Crippen LogP contribution >= 0.6 is 0 Å². The predicted octanol–water partition coefficient (Wildman–Crippen LogP) is 3.40. The third-order valence-electron chi connectivity index (χ3n) is 3.98. The lowest BCUT2D eigenvalue weighted by molar-refractivity contribution is -0.151. The lowest BCUT2D eigenvalue weighted by Gasteiger charge is -2.15. The zero-order valence-corrected chi connectivity index (χ0v) is 15.8. The Hall–Kier alpha value is -3.35. The molecule has 146 valence electrons. The second kappa shape index (κ2) is 9.03. The molecule has 7 heteroatoms. The summed E-state index contributed by atoms with van der Waals surface area (Å²) in [5.74, 6) is 0.751. The number of ether oxygens (including phenoxy) is 3. The Kier molecular flexibility index (Phi) is 6.26. The maximum Gasteiger partial charge on any atom is 0.344 e. The van der Waals surface area contributed by atoms with Gasteiger partial charge in [-0.25, -0.2) is 9.78 Å². The number of H-pyrrole nitrogens is 1. The molecule has 0 bridgehead atoms. The molecule has 0 aliphatic heterocycles. The summed E-state index contributed by atoms with van der Waals surface area (Å²) in [5.41, 5.74) is 0.268. The first-order chi connectivity index (χ1) is 13.6. The van der Waals surface area contributed by atoms with E-state index >= 15 is 0 Å². The van der Waals surface area contributed by atoms with Crippen molar-refractivity contribution in [2.45, 2.75) is 26.4 Å².